The average molecular weight is 138 g/mol. The van der Waals surface area contributed by atoms with Gasteiger partial charge in [-0.15, -0.1) is 0 Å². The van der Waals surface area contributed by atoms with Gasteiger partial charge < -0.3 is 10.6 Å². The molecule has 0 aromatic carbocycles. The Labute approximate surface area is 61.7 Å². The van der Waals surface area contributed by atoms with E-state index in [0.717, 1.165) is 0 Å². The number of nitrogens with one attached hydrogen (secondary N) is 2. The summed E-state index contributed by atoms with van der Waals surface area (Å²) in [6.07, 6.45) is 1.28. The molecule has 2 heteroatoms. The largest absolute Gasteiger partial charge is 0.384 e. The zero-order valence-corrected chi connectivity index (χ0v) is 6.57. The Morgan fingerprint density at radius 1 is 1.40 bits per heavy atom. The van der Waals surface area contributed by atoms with Crippen molar-refractivity contribution in [3.8, 4) is 0 Å². The molecule has 1 fully saturated rings. The number of allylic oxidation sites excluding steroid dienone is 1. The fourth-order valence-electron chi connectivity index (χ4n) is 1.94. The maximum Gasteiger partial charge on any atom is 0.0501 e. The third-order valence-electron chi connectivity index (χ3n) is 2.68. The van der Waals surface area contributed by atoms with Crippen molar-refractivity contribution in [2.45, 2.75) is 32.4 Å². The summed E-state index contributed by atoms with van der Waals surface area (Å²) in [5.74, 6) is 0. The van der Waals surface area contributed by atoms with Gasteiger partial charge in [-0.1, -0.05) is 0 Å². The first-order chi connectivity index (χ1) is 4.79. The highest BCUT2D eigenvalue weighted by molar-refractivity contribution is 5.26. The van der Waals surface area contributed by atoms with E-state index in [4.69, 9.17) is 0 Å². The van der Waals surface area contributed by atoms with Crippen molar-refractivity contribution in [1.82, 2.24) is 10.6 Å². The Kier molecular flexibility index (Phi) is 1.24. The molecule has 10 heavy (non-hydrogen) atoms. The van der Waals surface area contributed by atoms with Gasteiger partial charge in [0.25, 0.3) is 0 Å². The third kappa shape index (κ3) is 0.686. The molecular formula is C8H14N2. The van der Waals surface area contributed by atoms with Gasteiger partial charge in [0.15, 0.2) is 0 Å². The van der Waals surface area contributed by atoms with Gasteiger partial charge in [0.1, 0.15) is 0 Å². The second kappa shape index (κ2) is 1.99. The lowest BCUT2D eigenvalue weighted by molar-refractivity contribution is 0.585. The normalized spacial score (nSPS) is 38.2. The molecule has 2 nitrogen and oxygen atoms in total. The molecule has 2 N–H and O–H groups in total. The summed E-state index contributed by atoms with van der Waals surface area (Å²) in [6, 6.07) is 1.33. The van der Waals surface area contributed by atoms with Gasteiger partial charge in [0, 0.05) is 11.7 Å². The summed E-state index contributed by atoms with van der Waals surface area (Å²) in [5, 5.41) is 6.96. The van der Waals surface area contributed by atoms with E-state index in [2.05, 4.69) is 24.5 Å². The van der Waals surface area contributed by atoms with Gasteiger partial charge in [-0.2, -0.15) is 0 Å². The zero-order chi connectivity index (χ0) is 7.14. The van der Waals surface area contributed by atoms with Crippen LogP contribution in [0, 0.1) is 0 Å². The first-order valence-electron chi connectivity index (χ1n) is 3.96. The average Bonchev–Trinajstić information content (AvgIpc) is 2.41. The second-order valence-corrected chi connectivity index (χ2v) is 3.28. The van der Waals surface area contributed by atoms with Crippen LogP contribution in [0.15, 0.2) is 11.3 Å². The molecule has 0 radical (unpaired) electrons. The van der Waals surface area contributed by atoms with Gasteiger partial charge in [0.2, 0.25) is 0 Å². The van der Waals surface area contributed by atoms with Crippen LogP contribution in [0.25, 0.3) is 0 Å². The topological polar surface area (TPSA) is 24.1 Å². The van der Waals surface area contributed by atoms with Crippen molar-refractivity contribution in [2.24, 2.45) is 0 Å². The summed E-state index contributed by atoms with van der Waals surface area (Å²) >= 11 is 0. The van der Waals surface area contributed by atoms with Gasteiger partial charge in [-0.3, -0.25) is 0 Å². The predicted molar refractivity (Wildman–Crippen MR) is 41.7 cm³/mol. The minimum Gasteiger partial charge on any atom is -0.384 e. The minimum atomic E-state index is 0.639. The van der Waals surface area contributed by atoms with Crippen LogP contribution < -0.4 is 10.6 Å². The molecule has 0 saturated carbocycles. The molecule has 2 aliphatic heterocycles. The lowest BCUT2D eigenvalue weighted by atomic mass is 10.1. The van der Waals surface area contributed by atoms with Crippen molar-refractivity contribution in [2.75, 3.05) is 6.54 Å². The Morgan fingerprint density at radius 3 is 2.90 bits per heavy atom. The summed E-state index contributed by atoms with van der Waals surface area (Å²) < 4.78 is 0. The Balaban J connectivity index is 2.22. The van der Waals surface area contributed by atoms with Crippen LogP contribution in [0.4, 0.5) is 0 Å². The molecule has 0 spiro atoms. The molecule has 0 aromatic rings. The van der Waals surface area contributed by atoms with Crippen LogP contribution in [0.1, 0.15) is 20.3 Å². The van der Waals surface area contributed by atoms with Gasteiger partial charge in [0.05, 0.1) is 6.04 Å². The smallest absolute Gasteiger partial charge is 0.0501 e. The van der Waals surface area contributed by atoms with Crippen molar-refractivity contribution >= 4 is 0 Å². The van der Waals surface area contributed by atoms with E-state index in [1.807, 2.05) is 0 Å². The predicted octanol–water partition coefficient (Wildman–Crippen LogP) is 0.614. The van der Waals surface area contributed by atoms with E-state index in [1.54, 1.807) is 0 Å². The molecule has 56 valence electrons. The number of hydrogen-bond donors (Lipinski definition) is 2. The highest BCUT2D eigenvalue weighted by Gasteiger charge is 2.33. The number of fused-ring (bicyclic) bond motifs is 1. The standard InChI is InChI=1S/C8H14N2/c1-5-6(2)10-7-3-4-9-8(5)7/h7-10H,3-4H2,1-2H3. The van der Waals surface area contributed by atoms with E-state index in [-0.39, 0.29) is 0 Å². The zero-order valence-electron chi connectivity index (χ0n) is 6.57. The fraction of sp³-hybridized carbons (Fsp3) is 0.750. The minimum absolute atomic E-state index is 0.639. The fourth-order valence-corrected chi connectivity index (χ4v) is 1.94. The van der Waals surface area contributed by atoms with Crippen LogP contribution in [0.3, 0.4) is 0 Å². The van der Waals surface area contributed by atoms with Crippen LogP contribution in [-0.2, 0) is 0 Å². The van der Waals surface area contributed by atoms with Crippen LogP contribution in [-0.4, -0.2) is 18.6 Å². The maximum atomic E-state index is 3.48. The highest BCUT2D eigenvalue weighted by Crippen LogP contribution is 2.23. The Hall–Kier alpha value is -0.500. The quantitative estimate of drug-likeness (QED) is 0.512. The molecular weight excluding hydrogens is 124 g/mol. The number of hydrogen-bond acceptors (Lipinski definition) is 2. The van der Waals surface area contributed by atoms with E-state index in [0.29, 0.717) is 12.1 Å². The van der Waals surface area contributed by atoms with Gasteiger partial charge in [-0.25, -0.2) is 0 Å². The lowest BCUT2D eigenvalue weighted by Crippen LogP contribution is -2.32. The number of rotatable bonds is 0. The van der Waals surface area contributed by atoms with Crippen molar-refractivity contribution in [3.05, 3.63) is 11.3 Å². The van der Waals surface area contributed by atoms with Gasteiger partial charge in [-0.05, 0) is 32.4 Å². The Bertz CT molecular complexity index is 184. The lowest BCUT2D eigenvalue weighted by Gasteiger charge is -2.10. The first kappa shape index (κ1) is 6.23. The molecule has 2 unspecified atom stereocenters. The second-order valence-electron chi connectivity index (χ2n) is 3.28. The molecule has 0 bridgehead atoms. The summed E-state index contributed by atoms with van der Waals surface area (Å²) in [6.45, 7) is 5.55. The van der Waals surface area contributed by atoms with E-state index in [1.165, 1.54) is 24.2 Å². The molecule has 1 saturated heterocycles. The molecule has 2 heterocycles. The monoisotopic (exact) mass is 138 g/mol. The first-order valence-corrected chi connectivity index (χ1v) is 3.96. The Morgan fingerprint density at radius 2 is 2.20 bits per heavy atom. The van der Waals surface area contributed by atoms with Gasteiger partial charge >= 0.3 is 0 Å². The molecule has 0 amide bonds. The van der Waals surface area contributed by atoms with Crippen molar-refractivity contribution in [3.63, 3.8) is 0 Å². The molecule has 0 aromatic heterocycles. The van der Waals surface area contributed by atoms with Crippen LogP contribution in [0.2, 0.25) is 0 Å². The maximum absolute atomic E-state index is 3.48. The van der Waals surface area contributed by atoms with E-state index >= 15 is 0 Å². The van der Waals surface area contributed by atoms with Crippen LogP contribution >= 0.6 is 0 Å². The van der Waals surface area contributed by atoms with Crippen molar-refractivity contribution in [1.29, 1.82) is 0 Å². The van der Waals surface area contributed by atoms with E-state index < -0.39 is 0 Å². The molecule has 2 atom stereocenters. The van der Waals surface area contributed by atoms with Crippen LogP contribution in [0.5, 0.6) is 0 Å². The summed E-state index contributed by atoms with van der Waals surface area (Å²) in [5.41, 5.74) is 2.88. The summed E-state index contributed by atoms with van der Waals surface area (Å²) in [4.78, 5) is 0. The highest BCUT2D eigenvalue weighted by atomic mass is 15.1. The van der Waals surface area contributed by atoms with E-state index in [9.17, 15) is 0 Å². The molecule has 0 aliphatic carbocycles. The summed E-state index contributed by atoms with van der Waals surface area (Å²) in [7, 11) is 0. The molecule has 2 rings (SSSR count). The molecule has 2 aliphatic rings. The SMILES string of the molecule is CC1=C(C)C2NCCC2N1. The third-order valence-corrected chi connectivity index (χ3v) is 2.68. The van der Waals surface area contributed by atoms with Crippen molar-refractivity contribution < 1.29 is 0 Å².